The lowest BCUT2D eigenvalue weighted by molar-refractivity contribution is 0.0963. The molecule has 2 aliphatic rings. The summed E-state index contributed by atoms with van der Waals surface area (Å²) in [5.74, 6) is 2.19. The van der Waals surface area contributed by atoms with E-state index in [1.54, 1.807) is 14.2 Å². The molecule has 1 heterocycles. The summed E-state index contributed by atoms with van der Waals surface area (Å²) in [4.78, 5) is 13.1. The Bertz CT molecular complexity index is 1100. The highest BCUT2D eigenvalue weighted by molar-refractivity contribution is 8.00. The minimum atomic E-state index is -0.102. The predicted octanol–water partition coefficient (Wildman–Crippen LogP) is 4.42. The van der Waals surface area contributed by atoms with Crippen molar-refractivity contribution in [2.24, 2.45) is 0 Å². The highest BCUT2D eigenvalue weighted by atomic mass is 32.2. The van der Waals surface area contributed by atoms with Crippen LogP contribution in [0, 0.1) is 0 Å². The van der Waals surface area contributed by atoms with Crippen molar-refractivity contribution in [3.05, 3.63) is 59.2 Å². The Morgan fingerprint density at radius 3 is 2.83 bits per heavy atom. The first-order valence-electron chi connectivity index (χ1n) is 9.56. The summed E-state index contributed by atoms with van der Waals surface area (Å²) in [5, 5.41) is 7.00. The summed E-state index contributed by atoms with van der Waals surface area (Å²) >= 11 is 1.45. The van der Waals surface area contributed by atoms with E-state index in [0.717, 1.165) is 52.6 Å². The van der Waals surface area contributed by atoms with Gasteiger partial charge in [0.25, 0.3) is 5.91 Å². The lowest BCUT2D eigenvalue weighted by Gasteiger charge is -2.24. The van der Waals surface area contributed by atoms with E-state index >= 15 is 0 Å². The monoisotopic (exact) mass is 407 g/mol. The largest absolute Gasteiger partial charge is 0.496 e. The Morgan fingerprint density at radius 2 is 2.07 bits per heavy atom. The van der Waals surface area contributed by atoms with E-state index in [9.17, 15) is 4.79 Å². The second-order valence-corrected chi connectivity index (χ2v) is 8.34. The molecule has 3 aromatic rings. The van der Waals surface area contributed by atoms with Gasteiger partial charge in [-0.05, 0) is 61.0 Å². The summed E-state index contributed by atoms with van der Waals surface area (Å²) in [6, 6.07) is 13.7. The lowest BCUT2D eigenvalue weighted by Crippen LogP contribution is -2.21. The summed E-state index contributed by atoms with van der Waals surface area (Å²) in [7, 11) is 3.30. The molecule has 148 valence electrons. The number of amides is 1. The maximum atomic E-state index is 12.1. The standard InChI is InChI=1S/C22H21N3O3S/c1-23-21(26)13-7-8-16-14(11-13)19-15(12-22(16)9-10-22)20(24-28-19)25-29-18-6-4-3-5-17(18)27-2/h3-8,11H,9-10,12H2,1-2H3,(H,23,26)(H,24,25). The highest BCUT2D eigenvalue weighted by Gasteiger charge is 2.50. The Labute approximate surface area is 173 Å². The Morgan fingerprint density at radius 1 is 1.24 bits per heavy atom. The third kappa shape index (κ3) is 2.97. The molecule has 1 amide bonds. The van der Waals surface area contributed by atoms with E-state index in [1.165, 1.54) is 17.5 Å². The highest BCUT2D eigenvalue weighted by Crippen LogP contribution is 2.58. The average Bonchev–Trinajstić information content (AvgIpc) is 3.42. The van der Waals surface area contributed by atoms with Gasteiger partial charge in [-0.1, -0.05) is 23.4 Å². The molecular weight excluding hydrogens is 386 g/mol. The van der Waals surface area contributed by atoms with Crippen LogP contribution in [0.2, 0.25) is 0 Å². The normalized spacial score (nSPS) is 15.4. The van der Waals surface area contributed by atoms with Crippen LogP contribution in [0.4, 0.5) is 5.82 Å². The maximum Gasteiger partial charge on any atom is 0.251 e. The minimum Gasteiger partial charge on any atom is -0.496 e. The van der Waals surface area contributed by atoms with E-state index in [4.69, 9.17) is 9.26 Å². The van der Waals surface area contributed by atoms with Crippen LogP contribution in [0.15, 0.2) is 51.9 Å². The Kier molecular flexibility index (Phi) is 4.28. The van der Waals surface area contributed by atoms with E-state index in [-0.39, 0.29) is 11.3 Å². The van der Waals surface area contributed by atoms with Gasteiger partial charge in [0.05, 0.1) is 12.0 Å². The van der Waals surface area contributed by atoms with Crippen molar-refractivity contribution >= 4 is 23.7 Å². The summed E-state index contributed by atoms with van der Waals surface area (Å²) < 4.78 is 14.5. The quantitative estimate of drug-likeness (QED) is 0.610. The number of methoxy groups -OCH3 is 1. The third-order valence-electron chi connectivity index (χ3n) is 5.81. The number of para-hydroxylation sites is 1. The van der Waals surface area contributed by atoms with Gasteiger partial charge in [-0.25, -0.2) is 0 Å². The van der Waals surface area contributed by atoms with Gasteiger partial charge < -0.3 is 19.3 Å². The molecule has 6 nitrogen and oxygen atoms in total. The number of anilines is 1. The molecular formula is C22H21N3O3S. The van der Waals surface area contributed by atoms with E-state index < -0.39 is 0 Å². The van der Waals surface area contributed by atoms with Crippen LogP contribution in [0.1, 0.15) is 34.3 Å². The fourth-order valence-corrected chi connectivity index (χ4v) is 4.85. The van der Waals surface area contributed by atoms with Crippen molar-refractivity contribution in [2.75, 3.05) is 18.9 Å². The molecule has 1 aromatic heterocycles. The molecule has 29 heavy (non-hydrogen) atoms. The van der Waals surface area contributed by atoms with Gasteiger partial charge >= 0.3 is 0 Å². The molecule has 2 aliphatic carbocycles. The SMILES string of the molecule is CNC(=O)c1ccc2c(c1)-c1onc(NSc3ccccc3OC)c1CC21CC1. The number of rotatable bonds is 5. The molecule has 0 radical (unpaired) electrons. The van der Waals surface area contributed by atoms with Crippen molar-refractivity contribution in [1.29, 1.82) is 0 Å². The Balaban J connectivity index is 1.50. The average molecular weight is 407 g/mol. The van der Waals surface area contributed by atoms with Crippen molar-refractivity contribution in [2.45, 2.75) is 29.6 Å². The van der Waals surface area contributed by atoms with Crippen molar-refractivity contribution in [3.8, 4) is 17.1 Å². The van der Waals surface area contributed by atoms with Gasteiger partial charge in [0, 0.05) is 29.2 Å². The van der Waals surface area contributed by atoms with Crippen LogP contribution in [0.5, 0.6) is 5.75 Å². The van der Waals surface area contributed by atoms with Crippen molar-refractivity contribution in [1.82, 2.24) is 10.5 Å². The molecule has 0 atom stereocenters. The molecule has 0 aliphatic heterocycles. The number of hydrogen-bond acceptors (Lipinski definition) is 6. The van der Waals surface area contributed by atoms with Gasteiger partial charge in [0.2, 0.25) is 0 Å². The predicted molar refractivity (Wildman–Crippen MR) is 112 cm³/mol. The number of benzene rings is 2. The summed E-state index contributed by atoms with van der Waals surface area (Å²) in [6.45, 7) is 0. The second-order valence-electron chi connectivity index (χ2n) is 7.49. The Hall–Kier alpha value is -2.93. The number of fused-ring (bicyclic) bond motifs is 4. The molecule has 1 spiro atoms. The van der Waals surface area contributed by atoms with Crippen LogP contribution >= 0.6 is 11.9 Å². The van der Waals surface area contributed by atoms with Crippen LogP contribution < -0.4 is 14.8 Å². The smallest absolute Gasteiger partial charge is 0.251 e. The molecule has 2 aromatic carbocycles. The fraction of sp³-hybridized carbons (Fsp3) is 0.273. The zero-order valence-electron chi connectivity index (χ0n) is 16.2. The van der Waals surface area contributed by atoms with Crippen molar-refractivity contribution < 1.29 is 14.1 Å². The van der Waals surface area contributed by atoms with Crippen LogP contribution in [-0.4, -0.2) is 25.2 Å². The van der Waals surface area contributed by atoms with E-state index in [0.29, 0.717) is 5.56 Å². The maximum absolute atomic E-state index is 12.1. The third-order valence-corrected chi connectivity index (χ3v) is 6.66. The number of nitrogens with zero attached hydrogens (tertiary/aromatic N) is 1. The first-order valence-corrected chi connectivity index (χ1v) is 10.4. The minimum absolute atomic E-state index is 0.102. The molecule has 2 N–H and O–H groups in total. The molecule has 1 saturated carbocycles. The number of hydrogen-bond donors (Lipinski definition) is 2. The van der Waals surface area contributed by atoms with Gasteiger partial charge in [0.1, 0.15) is 5.75 Å². The summed E-state index contributed by atoms with van der Waals surface area (Å²) in [6.07, 6.45) is 3.18. The van der Waals surface area contributed by atoms with Gasteiger partial charge in [-0.2, -0.15) is 0 Å². The summed E-state index contributed by atoms with van der Waals surface area (Å²) in [5.41, 5.74) is 4.08. The molecule has 0 saturated heterocycles. The van der Waals surface area contributed by atoms with Crippen LogP contribution in [-0.2, 0) is 11.8 Å². The molecule has 1 fully saturated rings. The first kappa shape index (κ1) is 18.1. The zero-order chi connectivity index (χ0) is 20.0. The van der Waals surface area contributed by atoms with Gasteiger partial charge in [-0.15, -0.1) is 0 Å². The van der Waals surface area contributed by atoms with Crippen LogP contribution in [0.25, 0.3) is 11.3 Å². The topological polar surface area (TPSA) is 76.4 Å². The van der Waals surface area contributed by atoms with E-state index in [2.05, 4.69) is 21.3 Å². The number of nitrogens with one attached hydrogen (secondary N) is 2. The molecule has 0 unspecified atom stereocenters. The molecule has 0 bridgehead atoms. The first-order chi connectivity index (χ1) is 14.1. The van der Waals surface area contributed by atoms with E-state index in [1.807, 2.05) is 36.4 Å². The number of carbonyl (C=O) groups excluding carboxylic acids is 1. The lowest BCUT2D eigenvalue weighted by atomic mass is 9.79. The molecule has 7 heteroatoms. The fourth-order valence-electron chi connectivity index (χ4n) is 4.08. The number of ether oxygens (including phenoxy) is 1. The van der Waals surface area contributed by atoms with Gasteiger partial charge in [0.15, 0.2) is 11.6 Å². The van der Waals surface area contributed by atoms with Crippen LogP contribution in [0.3, 0.4) is 0 Å². The van der Waals surface area contributed by atoms with Gasteiger partial charge in [-0.3, -0.25) is 4.79 Å². The zero-order valence-corrected chi connectivity index (χ0v) is 17.1. The molecule has 5 rings (SSSR count). The second kappa shape index (κ2) is 6.84. The number of aromatic nitrogens is 1. The van der Waals surface area contributed by atoms with Crippen molar-refractivity contribution in [3.63, 3.8) is 0 Å². The number of carbonyl (C=O) groups is 1.